The van der Waals surface area contributed by atoms with E-state index < -0.39 is 24.3 Å². The normalized spacial score (nSPS) is 15.8. The Morgan fingerprint density at radius 2 is 1.67 bits per heavy atom. The Morgan fingerprint density at radius 1 is 1.12 bits per heavy atom. The minimum absolute atomic E-state index is 0.609. The lowest BCUT2D eigenvalue weighted by molar-refractivity contribution is -0.193. The van der Waals surface area contributed by atoms with Crippen molar-refractivity contribution in [2.24, 2.45) is 5.92 Å². The van der Waals surface area contributed by atoms with Crippen molar-refractivity contribution in [1.29, 1.82) is 0 Å². The SMILES string of the molecule is C=CCOCc1cncc2c1CCN(CC1CC1)C2.O=C(O)C(F)(F)F.O=C(O)C(F)(F)F. The van der Waals surface area contributed by atoms with E-state index in [1.54, 1.807) is 6.08 Å². The van der Waals surface area contributed by atoms with Crippen LogP contribution in [0.2, 0.25) is 0 Å². The molecule has 1 aliphatic heterocycles. The molecule has 0 bridgehead atoms. The van der Waals surface area contributed by atoms with E-state index in [1.807, 2.05) is 12.4 Å². The number of hydrogen-bond acceptors (Lipinski definition) is 5. The minimum atomic E-state index is -5.08. The van der Waals surface area contributed by atoms with E-state index in [1.165, 1.54) is 42.6 Å². The lowest BCUT2D eigenvalue weighted by Gasteiger charge is -2.29. The molecule has 1 aromatic heterocycles. The first-order valence-electron chi connectivity index (χ1n) is 9.71. The summed E-state index contributed by atoms with van der Waals surface area (Å²) < 4.78 is 69.0. The molecule has 0 atom stereocenters. The van der Waals surface area contributed by atoms with Gasteiger partial charge in [-0.05, 0) is 41.9 Å². The molecule has 0 amide bonds. The number of fused-ring (bicyclic) bond motifs is 1. The predicted molar refractivity (Wildman–Crippen MR) is 103 cm³/mol. The maximum absolute atomic E-state index is 10.6. The maximum Gasteiger partial charge on any atom is 0.490 e. The number of carbonyl (C=O) groups is 2. The fourth-order valence-corrected chi connectivity index (χ4v) is 2.82. The second-order valence-corrected chi connectivity index (χ2v) is 7.27. The highest BCUT2D eigenvalue weighted by Crippen LogP contribution is 2.32. The highest BCUT2D eigenvalue weighted by atomic mass is 19.4. The van der Waals surface area contributed by atoms with Crippen LogP contribution in [0.3, 0.4) is 0 Å². The molecule has 7 nitrogen and oxygen atoms in total. The summed E-state index contributed by atoms with van der Waals surface area (Å²) >= 11 is 0. The molecule has 0 saturated heterocycles. The number of aromatic nitrogens is 1. The van der Waals surface area contributed by atoms with Crippen LogP contribution in [0.1, 0.15) is 29.5 Å². The Bertz CT molecular complexity index is 785. The molecular formula is C20H24F6N2O5. The number of carboxylic acids is 2. The van der Waals surface area contributed by atoms with Gasteiger partial charge in [0.2, 0.25) is 0 Å². The summed E-state index contributed by atoms with van der Waals surface area (Å²) in [5, 5.41) is 14.2. The van der Waals surface area contributed by atoms with Crippen LogP contribution in [-0.2, 0) is 33.9 Å². The summed E-state index contributed by atoms with van der Waals surface area (Å²) in [7, 11) is 0. The van der Waals surface area contributed by atoms with Crippen LogP contribution in [0.15, 0.2) is 25.0 Å². The molecule has 1 aromatic rings. The standard InChI is InChI=1S/C16H22N2O.2C2HF3O2/c1-2-7-19-12-15-9-17-8-14-11-18(6-5-16(14)15)10-13-3-4-13;2*3-2(4,5)1(6)7/h2,8-9,13H,1,3-7,10-12H2;2*(H,6,7). The number of pyridine rings is 1. The van der Waals surface area contributed by atoms with Crippen LogP contribution >= 0.6 is 0 Å². The summed E-state index contributed by atoms with van der Waals surface area (Å²) in [5.74, 6) is -4.55. The first-order chi connectivity index (χ1) is 15.3. The first-order valence-corrected chi connectivity index (χ1v) is 9.71. The molecule has 1 saturated carbocycles. The van der Waals surface area contributed by atoms with E-state index in [9.17, 15) is 26.3 Å². The summed E-state index contributed by atoms with van der Waals surface area (Å²) in [6.07, 6.45) is -0.393. The lowest BCUT2D eigenvalue weighted by Crippen LogP contribution is -2.33. The molecule has 13 heteroatoms. The summed E-state index contributed by atoms with van der Waals surface area (Å²) in [6, 6.07) is 0. The number of nitrogens with zero attached hydrogens (tertiary/aromatic N) is 2. The number of ether oxygens (including phenoxy) is 1. The largest absolute Gasteiger partial charge is 0.490 e. The molecule has 0 spiro atoms. The fraction of sp³-hybridized carbons (Fsp3) is 0.550. The van der Waals surface area contributed by atoms with Crippen LogP contribution in [0.4, 0.5) is 26.3 Å². The smallest absolute Gasteiger partial charge is 0.475 e. The number of halogens is 6. The van der Waals surface area contributed by atoms with Gasteiger partial charge in [0.25, 0.3) is 0 Å². The summed E-state index contributed by atoms with van der Waals surface area (Å²) in [4.78, 5) is 24.7. The molecule has 1 aliphatic carbocycles. The molecule has 3 rings (SSSR count). The van der Waals surface area contributed by atoms with Gasteiger partial charge in [0.15, 0.2) is 0 Å². The monoisotopic (exact) mass is 486 g/mol. The Labute approximate surface area is 185 Å². The predicted octanol–water partition coefficient (Wildman–Crippen LogP) is 3.82. The van der Waals surface area contributed by atoms with Crippen molar-refractivity contribution in [3.8, 4) is 0 Å². The minimum Gasteiger partial charge on any atom is -0.475 e. The van der Waals surface area contributed by atoms with E-state index in [4.69, 9.17) is 24.5 Å². The molecule has 2 aliphatic rings. The number of rotatable bonds is 6. The van der Waals surface area contributed by atoms with Crippen molar-refractivity contribution in [1.82, 2.24) is 9.88 Å². The first kappa shape index (κ1) is 28.4. The van der Waals surface area contributed by atoms with Gasteiger partial charge in [0.1, 0.15) is 0 Å². The summed E-state index contributed by atoms with van der Waals surface area (Å²) in [5.41, 5.74) is 4.11. The van der Waals surface area contributed by atoms with Crippen molar-refractivity contribution >= 4 is 11.9 Å². The summed E-state index contributed by atoms with van der Waals surface area (Å²) in [6.45, 7) is 8.46. The molecule has 0 unspecified atom stereocenters. The van der Waals surface area contributed by atoms with Gasteiger partial charge >= 0.3 is 24.3 Å². The van der Waals surface area contributed by atoms with Gasteiger partial charge in [-0.2, -0.15) is 26.3 Å². The van der Waals surface area contributed by atoms with Crippen LogP contribution in [-0.4, -0.2) is 64.1 Å². The van der Waals surface area contributed by atoms with Crippen molar-refractivity contribution in [2.75, 3.05) is 19.7 Å². The highest BCUT2D eigenvalue weighted by molar-refractivity contribution is 5.73. The van der Waals surface area contributed by atoms with E-state index in [-0.39, 0.29) is 0 Å². The number of carboxylic acid groups (broad SMARTS) is 2. The van der Waals surface area contributed by atoms with E-state index in [0.29, 0.717) is 13.2 Å². The average molecular weight is 486 g/mol. The fourth-order valence-electron chi connectivity index (χ4n) is 2.82. The van der Waals surface area contributed by atoms with E-state index in [2.05, 4.69) is 16.5 Å². The second-order valence-electron chi connectivity index (χ2n) is 7.27. The molecular weight excluding hydrogens is 462 g/mol. The maximum atomic E-state index is 10.6. The van der Waals surface area contributed by atoms with Crippen LogP contribution in [0.5, 0.6) is 0 Å². The topological polar surface area (TPSA) is 100.0 Å². The molecule has 2 heterocycles. The Morgan fingerprint density at radius 3 is 2.12 bits per heavy atom. The van der Waals surface area contributed by atoms with Gasteiger partial charge in [0.05, 0.1) is 13.2 Å². The zero-order valence-electron chi connectivity index (χ0n) is 17.5. The second kappa shape index (κ2) is 12.5. The van der Waals surface area contributed by atoms with Crippen LogP contribution in [0, 0.1) is 5.92 Å². The van der Waals surface area contributed by atoms with Gasteiger partial charge in [0, 0.05) is 32.0 Å². The quantitative estimate of drug-likeness (QED) is 0.358. The third-order valence-electron chi connectivity index (χ3n) is 4.50. The highest BCUT2D eigenvalue weighted by Gasteiger charge is 2.38. The van der Waals surface area contributed by atoms with Crippen LogP contribution in [0.25, 0.3) is 0 Å². The lowest BCUT2D eigenvalue weighted by atomic mass is 9.97. The average Bonchev–Trinajstić information content (AvgIpc) is 3.51. The molecule has 0 aromatic carbocycles. The molecule has 2 N–H and O–H groups in total. The molecule has 0 radical (unpaired) electrons. The zero-order valence-corrected chi connectivity index (χ0v) is 17.5. The van der Waals surface area contributed by atoms with Crippen molar-refractivity contribution in [2.45, 2.75) is 44.8 Å². The number of hydrogen-bond donors (Lipinski definition) is 2. The van der Waals surface area contributed by atoms with Crippen molar-refractivity contribution in [3.63, 3.8) is 0 Å². The van der Waals surface area contributed by atoms with Crippen LogP contribution < -0.4 is 0 Å². The molecule has 186 valence electrons. The molecule has 33 heavy (non-hydrogen) atoms. The number of aliphatic carboxylic acids is 2. The number of alkyl halides is 6. The van der Waals surface area contributed by atoms with Gasteiger partial charge in [-0.3, -0.25) is 9.88 Å². The Kier molecular flexibility index (Phi) is 10.8. The van der Waals surface area contributed by atoms with Gasteiger partial charge in [-0.15, -0.1) is 6.58 Å². The van der Waals surface area contributed by atoms with Crippen molar-refractivity contribution in [3.05, 3.63) is 41.7 Å². The van der Waals surface area contributed by atoms with Gasteiger partial charge < -0.3 is 14.9 Å². The van der Waals surface area contributed by atoms with E-state index >= 15 is 0 Å². The molecule has 1 fully saturated rings. The Hall–Kier alpha value is -2.67. The van der Waals surface area contributed by atoms with E-state index in [0.717, 1.165) is 18.9 Å². The zero-order chi connectivity index (χ0) is 25.2. The van der Waals surface area contributed by atoms with Gasteiger partial charge in [-0.1, -0.05) is 6.08 Å². The van der Waals surface area contributed by atoms with Crippen molar-refractivity contribution < 1.29 is 50.9 Å². The third kappa shape index (κ3) is 11.1. The third-order valence-corrected chi connectivity index (χ3v) is 4.50. The Balaban J connectivity index is 0.000000324. The van der Waals surface area contributed by atoms with Gasteiger partial charge in [-0.25, -0.2) is 9.59 Å².